The molecular formula is C58H37NS2. The number of anilines is 3. The van der Waals surface area contributed by atoms with Gasteiger partial charge in [0.2, 0.25) is 0 Å². The monoisotopic (exact) mass is 811 g/mol. The molecule has 12 aromatic rings. The molecule has 0 radical (unpaired) electrons. The second kappa shape index (κ2) is 14.8. The van der Waals surface area contributed by atoms with Crippen molar-refractivity contribution in [1.82, 2.24) is 0 Å². The van der Waals surface area contributed by atoms with E-state index in [0.717, 1.165) is 17.1 Å². The molecule has 0 aliphatic carbocycles. The molecule has 0 unspecified atom stereocenters. The topological polar surface area (TPSA) is 3.24 Å². The smallest absolute Gasteiger partial charge is 0.0467 e. The predicted molar refractivity (Wildman–Crippen MR) is 266 cm³/mol. The van der Waals surface area contributed by atoms with Crippen molar-refractivity contribution in [2.24, 2.45) is 0 Å². The van der Waals surface area contributed by atoms with Crippen LogP contribution in [0.1, 0.15) is 0 Å². The summed E-state index contributed by atoms with van der Waals surface area (Å²) in [5.41, 5.74) is 13.1. The van der Waals surface area contributed by atoms with E-state index in [1.807, 2.05) is 22.7 Å². The fourth-order valence-electron chi connectivity index (χ4n) is 9.17. The highest BCUT2D eigenvalue weighted by Crippen LogP contribution is 2.44. The van der Waals surface area contributed by atoms with Crippen LogP contribution in [-0.2, 0) is 0 Å². The molecule has 0 spiro atoms. The fourth-order valence-corrected chi connectivity index (χ4v) is 11.6. The van der Waals surface area contributed by atoms with Gasteiger partial charge in [-0.2, -0.15) is 0 Å². The minimum Gasteiger partial charge on any atom is -0.310 e. The maximum Gasteiger partial charge on any atom is 0.0467 e. The van der Waals surface area contributed by atoms with Crippen molar-refractivity contribution in [2.75, 3.05) is 4.90 Å². The van der Waals surface area contributed by atoms with E-state index in [0.29, 0.717) is 0 Å². The number of nitrogens with zero attached hydrogens (tertiary/aromatic N) is 1. The third kappa shape index (κ3) is 6.21. The first-order valence-corrected chi connectivity index (χ1v) is 22.4. The molecule has 1 nitrogen and oxygen atoms in total. The van der Waals surface area contributed by atoms with Gasteiger partial charge in [0.1, 0.15) is 0 Å². The van der Waals surface area contributed by atoms with E-state index in [9.17, 15) is 0 Å². The molecule has 12 rings (SSSR count). The Bertz CT molecular complexity index is 3600. The molecule has 2 aromatic heterocycles. The lowest BCUT2D eigenvalue weighted by Crippen LogP contribution is -2.10. The Hall–Kier alpha value is -7.30. The summed E-state index contributed by atoms with van der Waals surface area (Å²) < 4.78 is 5.30. The van der Waals surface area contributed by atoms with Gasteiger partial charge in [0.25, 0.3) is 0 Å². The van der Waals surface area contributed by atoms with Gasteiger partial charge in [0, 0.05) is 57.4 Å². The minimum absolute atomic E-state index is 1.10. The number of rotatable bonds is 7. The highest BCUT2D eigenvalue weighted by Gasteiger charge is 2.18. The normalized spacial score (nSPS) is 11.6. The average Bonchev–Trinajstić information content (AvgIpc) is 3.91. The molecule has 3 heteroatoms. The molecule has 0 bridgehead atoms. The number of thiophene rings is 2. The summed E-state index contributed by atoms with van der Waals surface area (Å²) in [5, 5.41) is 7.77. The van der Waals surface area contributed by atoms with E-state index in [-0.39, 0.29) is 0 Å². The van der Waals surface area contributed by atoms with Gasteiger partial charge in [0.05, 0.1) is 0 Å². The van der Waals surface area contributed by atoms with Crippen LogP contribution < -0.4 is 4.90 Å². The van der Waals surface area contributed by atoms with E-state index in [1.165, 1.54) is 95.6 Å². The SMILES string of the molecule is c1cc(-c2cccc(N(c3ccc(-c4cccc5c4sc4ccccc45)cc3)c3cccc(-c4cccc5ccccc45)c3)c2)cc(-c2cccc3c2sc2ccccc23)c1. The van der Waals surface area contributed by atoms with Crippen LogP contribution in [0.5, 0.6) is 0 Å². The maximum absolute atomic E-state index is 2.41. The highest BCUT2D eigenvalue weighted by molar-refractivity contribution is 7.26. The zero-order chi connectivity index (χ0) is 40.3. The predicted octanol–water partition coefficient (Wildman–Crippen LogP) is 17.7. The minimum atomic E-state index is 1.10. The van der Waals surface area contributed by atoms with E-state index < -0.39 is 0 Å². The lowest BCUT2D eigenvalue weighted by atomic mass is 9.97. The van der Waals surface area contributed by atoms with E-state index in [4.69, 9.17) is 0 Å². The molecule has 0 saturated carbocycles. The summed E-state index contributed by atoms with van der Waals surface area (Å²) in [7, 11) is 0. The van der Waals surface area contributed by atoms with Crippen molar-refractivity contribution < 1.29 is 0 Å². The van der Waals surface area contributed by atoms with Crippen molar-refractivity contribution in [3.8, 4) is 44.5 Å². The Morgan fingerprint density at radius 3 is 1.38 bits per heavy atom. The van der Waals surface area contributed by atoms with Gasteiger partial charge in [-0.1, -0.05) is 170 Å². The van der Waals surface area contributed by atoms with Crippen LogP contribution in [0, 0.1) is 0 Å². The van der Waals surface area contributed by atoms with Gasteiger partial charge in [0.15, 0.2) is 0 Å². The van der Waals surface area contributed by atoms with E-state index >= 15 is 0 Å². The Morgan fingerprint density at radius 2 is 0.705 bits per heavy atom. The second-order valence-electron chi connectivity index (χ2n) is 15.7. The first-order chi connectivity index (χ1) is 30.2. The van der Waals surface area contributed by atoms with Crippen molar-refractivity contribution >= 4 is 90.9 Å². The Balaban J connectivity index is 0.979. The van der Waals surface area contributed by atoms with Crippen molar-refractivity contribution in [3.05, 3.63) is 224 Å². The number of benzene rings is 10. The third-order valence-corrected chi connectivity index (χ3v) is 14.5. The zero-order valence-electron chi connectivity index (χ0n) is 33.1. The summed E-state index contributed by atoms with van der Waals surface area (Å²) in [6.45, 7) is 0. The van der Waals surface area contributed by atoms with Gasteiger partial charge in [-0.3, -0.25) is 0 Å². The van der Waals surface area contributed by atoms with Crippen LogP contribution in [0.4, 0.5) is 17.1 Å². The van der Waals surface area contributed by atoms with Crippen LogP contribution in [0.3, 0.4) is 0 Å². The van der Waals surface area contributed by atoms with Gasteiger partial charge in [-0.15, -0.1) is 22.7 Å². The first kappa shape index (κ1) is 35.6. The van der Waals surface area contributed by atoms with Crippen LogP contribution in [0.15, 0.2) is 224 Å². The van der Waals surface area contributed by atoms with Gasteiger partial charge in [-0.25, -0.2) is 0 Å². The van der Waals surface area contributed by atoms with Crippen molar-refractivity contribution in [1.29, 1.82) is 0 Å². The Morgan fingerprint density at radius 1 is 0.262 bits per heavy atom. The molecule has 0 amide bonds. The molecular weight excluding hydrogens is 775 g/mol. The molecule has 0 aliphatic rings. The van der Waals surface area contributed by atoms with Crippen LogP contribution in [0.25, 0.3) is 95.6 Å². The van der Waals surface area contributed by atoms with E-state index in [2.05, 4.69) is 229 Å². The molecule has 0 atom stereocenters. The largest absolute Gasteiger partial charge is 0.310 e. The van der Waals surface area contributed by atoms with Crippen molar-refractivity contribution in [3.63, 3.8) is 0 Å². The van der Waals surface area contributed by atoms with E-state index in [1.54, 1.807) is 0 Å². The summed E-state index contributed by atoms with van der Waals surface area (Å²) >= 11 is 3.76. The molecule has 0 N–H and O–H groups in total. The number of hydrogen-bond acceptors (Lipinski definition) is 3. The molecule has 2 heterocycles. The molecule has 0 aliphatic heterocycles. The van der Waals surface area contributed by atoms with Crippen LogP contribution in [0.2, 0.25) is 0 Å². The second-order valence-corrected chi connectivity index (χ2v) is 17.8. The number of fused-ring (bicyclic) bond motifs is 7. The van der Waals surface area contributed by atoms with Gasteiger partial charge in [-0.05, 0) is 110 Å². The standard InChI is InChI=1S/C58H37NS2/c1-2-21-47-38(13-1)14-10-24-48(47)43-18-9-20-46(37-43)59(44-33-31-39(32-34-44)49-25-11-27-53-51-22-3-5-29-55(51)60-57(49)53)45-19-8-16-41(36-45)40-15-7-17-42(35-40)50-26-12-28-54-52-23-4-6-30-56(52)61-58(50)54/h1-37H. The van der Waals surface area contributed by atoms with Gasteiger partial charge < -0.3 is 4.90 Å². The lowest BCUT2D eigenvalue weighted by molar-refractivity contribution is 1.28. The molecule has 0 fully saturated rings. The molecule has 286 valence electrons. The van der Waals surface area contributed by atoms with Gasteiger partial charge >= 0.3 is 0 Å². The molecule has 61 heavy (non-hydrogen) atoms. The third-order valence-electron chi connectivity index (χ3n) is 12.1. The summed E-state index contributed by atoms with van der Waals surface area (Å²) in [4.78, 5) is 2.41. The van der Waals surface area contributed by atoms with Crippen LogP contribution >= 0.6 is 22.7 Å². The first-order valence-electron chi connectivity index (χ1n) is 20.7. The number of hydrogen-bond donors (Lipinski definition) is 0. The maximum atomic E-state index is 2.41. The lowest BCUT2D eigenvalue weighted by Gasteiger charge is -2.27. The Kier molecular flexibility index (Phi) is 8.62. The molecule has 0 saturated heterocycles. The zero-order valence-corrected chi connectivity index (χ0v) is 34.8. The quantitative estimate of drug-likeness (QED) is 0.155. The average molecular weight is 812 g/mol. The fraction of sp³-hybridized carbons (Fsp3) is 0. The van der Waals surface area contributed by atoms with Crippen molar-refractivity contribution in [2.45, 2.75) is 0 Å². The molecule has 10 aromatic carbocycles. The van der Waals surface area contributed by atoms with Crippen LogP contribution in [-0.4, -0.2) is 0 Å². The Labute approximate surface area is 362 Å². The summed E-state index contributed by atoms with van der Waals surface area (Å²) in [6, 6.07) is 82.4. The highest BCUT2D eigenvalue weighted by atomic mass is 32.1. The summed E-state index contributed by atoms with van der Waals surface area (Å²) in [6.07, 6.45) is 0. The summed E-state index contributed by atoms with van der Waals surface area (Å²) in [5.74, 6) is 0.